The van der Waals surface area contributed by atoms with Crippen molar-refractivity contribution in [2.75, 3.05) is 19.8 Å². The number of carbonyl (C=O) groups is 3. The highest BCUT2D eigenvalue weighted by Gasteiger charge is 2.35. The number of hydrogen-bond acceptors (Lipinski definition) is 5. The molecule has 6 heteroatoms. The molecule has 0 unspecified atom stereocenters. The zero-order chi connectivity index (χ0) is 16.4. The number of imide groups is 1. The number of hydrogen-bond donors (Lipinski definition) is 0. The Bertz CT molecular complexity index is 617. The van der Waals surface area contributed by atoms with Gasteiger partial charge in [-0.2, -0.15) is 0 Å². The monoisotopic (exact) mass is 317 g/mol. The molecule has 0 atom stereocenters. The van der Waals surface area contributed by atoms with Crippen molar-refractivity contribution in [2.24, 2.45) is 5.41 Å². The summed E-state index contributed by atoms with van der Waals surface area (Å²) in [5, 5.41) is 0. The molecule has 23 heavy (non-hydrogen) atoms. The normalized spacial score (nSPS) is 19.6. The van der Waals surface area contributed by atoms with Crippen LogP contribution in [-0.4, -0.2) is 42.5 Å². The minimum absolute atomic E-state index is 0.0773. The van der Waals surface area contributed by atoms with Crippen LogP contribution in [0.1, 0.15) is 35.7 Å². The van der Waals surface area contributed by atoms with Crippen LogP contribution in [0.15, 0.2) is 24.3 Å². The molecular weight excluding hydrogens is 298 g/mol. The van der Waals surface area contributed by atoms with E-state index in [2.05, 4.69) is 0 Å². The predicted molar refractivity (Wildman–Crippen MR) is 80.4 cm³/mol. The van der Waals surface area contributed by atoms with Crippen LogP contribution in [0.25, 0.3) is 0 Å². The molecule has 1 aromatic carbocycles. The highest BCUT2D eigenvalue weighted by molar-refractivity contribution is 6.01. The molecule has 2 amide bonds. The Morgan fingerprint density at radius 1 is 1.17 bits per heavy atom. The molecule has 0 aliphatic carbocycles. The summed E-state index contributed by atoms with van der Waals surface area (Å²) < 4.78 is 10.4. The summed E-state index contributed by atoms with van der Waals surface area (Å²) >= 11 is 0. The van der Waals surface area contributed by atoms with Crippen LogP contribution in [0.4, 0.5) is 0 Å². The molecule has 2 saturated heterocycles. The van der Waals surface area contributed by atoms with E-state index < -0.39 is 0 Å². The molecule has 0 bridgehead atoms. The van der Waals surface area contributed by atoms with Crippen molar-refractivity contribution in [1.82, 2.24) is 4.90 Å². The lowest BCUT2D eigenvalue weighted by molar-refractivity contribution is -0.139. The van der Waals surface area contributed by atoms with E-state index in [0.717, 1.165) is 5.56 Å². The summed E-state index contributed by atoms with van der Waals surface area (Å²) in [6.07, 6.45) is 0.567. The molecule has 2 heterocycles. The fraction of sp³-hybridized carbons (Fsp3) is 0.471. The van der Waals surface area contributed by atoms with Crippen molar-refractivity contribution >= 4 is 17.8 Å². The van der Waals surface area contributed by atoms with Gasteiger partial charge in [0.05, 0.1) is 25.3 Å². The minimum atomic E-state index is -0.377. The van der Waals surface area contributed by atoms with Gasteiger partial charge in [0.15, 0.2) is 0 Å². The summed E-state index contributed by atoms with van der Waals surface area (Å²) in [6, 6.07) is 6.79. The Balaban J connectivity index is 1.57. The maximum Gasteiger partial charge on any atom is 0.338 e. The lowest BCUT2D eigenvalue weighted by atomic mass is 9.90. The second kappa shape index (κ2) is 6.12. The number of esters is 1. The molecule has 2 fully saturated rings. The van der Waals surface area contributed by atoms with Crippen LogP contribution in [0.3, 0.4) is 0 Å². The van der Waals surface area contributed by atoms with Gasteiger partial charge in [-0.25, -0.2) is 4.79 Å². The maximum atomic E-state index is 12.0. The smallest absolute Gasteiger partial charge is 0.338 e. The molecule has 122 valence electrons. The summed E-state index contributed by atoms with van der Waals surface area (Å²) in [6.45, 7) is 3.82. The van der Waals surface area contributed by atoms with Gasteiger partial charge in [-0.1, -0.05) is 19.1 Å². The lowest BCUT2D eigenvalue weighted by Gasteiger charge is -2.37. The SMILES string of the molecule is CC1(COC(=O)c2ccc(CN3C(=O)CCC3=O)cc2)COC1. The minimum Gasteiger partial charge on any atom is -0.461 e. The largest absolute Gasteiger partial charge is 0.461 e. The van der Waals surface area contributed by atoms with Gasteiger partial charge >= 0.3 is 5.97 Å². The van der Waals surface area contributed by atoms with Gasteiger partial charge < -0.3 is 9.47 Å². The van der Waals surface area contributed by atoms with Gasteiger partial charge in [0.2, 0.25) is 11.8 Å². The average Bonchev–Trinajstić information content (AvgIpc) is 2.83. The van der Waals surface area contributed by atoms with Crippen molar-refractivity contribution in [3.05, 3.63) is 35.4 Å². The van der Waals surface area contributed by atoms with Crippen LogP contribution in [0, 0.1) is 5.41 Å². The molecule has 0 spiro atoms. The summed E-state index contributed by atoms with van der Waals surface area (Å²) in [7, 11) is 0. The quantitative estimate of drug-likeness (QED) is 0.608. The van der Waals surface area contributed by atoms with E-state index >= 15 is 0 Å². The average molecular weight is 317 g/mol. The molecule has 0 saturated carbocycles. The third-order valence-electron chi connectivity index (χ3n) is 4.14. The first-order valence-electron chi connectivity index (χ1n) is 7.64. The molecule has 6 nitrogen and oxygen atoms in total. The van der Waals surface area contributed by atoms with E-state index in [4.69, 9.17) is 9.47 Å². The third-order valence-corrected chi connectivity index (χ3v) is 4.14. The summed E-state index contributed by atoms with van der Waals surface area (Å²) in [5.74, 6) is -0.665. The van der Waals surface area contributed by atoms with Gasteiger partial charge in [0.25, 0.3) is 0 Å². The van der Waals surface area contributed by atoms with E-state index in [9.17, 15) is 14.4 Å². The fourth-order valence-electron chi connectivity index (χ4n) is 2.59. The molecule has 2 aliphatic rings. The maximum absolute atomic E-state index is 12.0. The third kappa shape index (κ3) is 3.42. The number of amides is 2. The fourth-order valence-corrected chi connectivity index (χ4v) is 2.59. The summed E-state index contributed by atoms with van der Waals surface area (Å²) in [4.78, 5) is 36.5. The van der Waals surface area contributed by atoms with Gasteiger partial charge in [-0.05, 0) is 17.7 Å². The Hall–Kier alpha value is -2.21. The molecular formula is C17H19NO5. The van der Waals surface area contributed by atoms with Crippen LogP contribution in [0.2, 0.25) is 0 Å². The molecule has 3 rings (SSSR count). The van der Waals surface area contributed by atoms with Crippen LogP contribution < -0.4 is 0 Å². The summed E-state index contributed by atoms with van der Waals surface area (Å²) in [5.41, 5.74) is 1.19. The zero-order valence-corrected chi connectivity index (χ0v) is 13.0. The van der Waals surface area contributed by atoms with Crippen molar-refractivity contribution in [2.45, 2.75) is 26.3 Å². The van der Waals surface area contributed by atoms with Gasteiger partial charge in [0.1, 0.15) is 6.61 Å². The van der Waals surface area contributed by atoms with Crippen molar-refractivity contribution in [3.8, 4) is 0 Å². The van der Waals surface area contributed by atoms with Gasteiger partial charge in [0, 0.05) is 18.3 Å². The van der Waals surface area contributed by atoms with E-state index in [1.54, 1.807) is 24.3 Å². The van der Waals surface area contributed by atoms with E-state index in [0.29, 0.717) is 25.4 Å². The number of rotatable bonds is 5. The standard InChI is InChI=1S/C17H19NO5/c1-17(9-22-10-17)11-23-16(21)13-4-2-12(3-5-13)8-18-14(19)6-7-15(18)20/h2-5H,6-11H2,1H3. The first kappa shape index (κ1) is 15.7. The number of ether oxygens (including phenoxy) is 2. The molecule has 1 aromatic rings. The zero-order valence-electron chi connectivity index (χ0n) is 13.0. The second-order valence-electron chi connectivity index (χ2n) is 6.45. The number of carbonyl (C=O) groups excluding carboxylic acids is 3. The Morgan fingerprint density at radius 3 is 2.30 bits per heavy atom. The van der Waals surface area contributed by atoms with Crippen LogP contribution in [-0.2, 0) is 25.6 Å². The van der Waals surface area contributed by atoms with Gasteiger partial charge in [-0.15, -0.1) is 0 Å². The highest BCUT2D eigenvalue weighted by Crippen LogP contribution is 2.27. The molecule has 0 N–H and O–H groups in total. The van der Waals surface area contributed by atoms with E-state index in [-0.39, 0.29) is 42.6 Å². The van der Waals surface area contributed by atoms with E-state index in [1.807, 2.05) is 6.92 Å². The topological polar surface area (TPSA) is 72.9 Å². The Labute approximate surface area is 134 Å². The first-order chi connectivity index (χ1) is 11.0. The van der Waals surface area contributed by atoms with Crippen molar-refractivity contribution in [3.63, 3.8) is 0 Å². The molecule has 2 aliphatic heterocycles. The molecule has 0 aromatic heterocycles. The van der Waals surface area contributed by atoms with E-state index in [1.165, 1.54) is 4.90 Å². The predicted octanol–water partition coefficient (Wildman–Crippen LogP) is 1.53. The lowest BCUT2D eigenvalue weighted by Crippen LogP contribution is -2.44. The van der Waals surface area contributed by atoms with Crippen molar-refractivity contribution < 1.29 is 23.9 Å². The highest BCUT2D eigenvalue weighted by atomic mass is 16.5. The molecule has 0 radical (unpaired) electrons. The Kier molecular flexibility index (Phi) is 4.17. The van der Waals surface area contributed by atoms with Crippen LogP contribution in [0.5, 0.6) is 0 Å². The number of nitrogens with zero attached hydrogens (tertiary/aromatic N) is 1. The van der Waals surface area contributed by atoms with Gasteiger partial charge in [-0.3, -0.25) is 14.5 Å². The number of benzene rings is 1. The second-order valence-corrected chi connectivity index (χ2v) is 6.45. The first-order valence-corrected chi connectivity index (χ1v) is 7.64. The van der Waals surface area contributed by atoms with Crippen LogP contribution >= 0.6 is 0 Å². The van der Waals surface area contributed by atoms with Crippen molar-refractivity contribution in [1.29, 1.82) is 0 Å². The number of likely N-dealkylation sites (tertiary alicyclic amines) is 1. The Morgan fingerprint density at radius 2 is 1.78 bits per heavy atom.